The zero-order valence-corrected chi connectivity index (χ0v) is 14.5. The molecule has 2 aromatic rings. The number of amidine groups is 1. The van der Waals surface area contributed by atoms with Gasteiger partial charge in [0.1, 0.15) is 0 Å². The predicted octanol–water partition coefficient (Wildman–Crippen LogP) is 2.39. The van der Waals surface area contributed by atoms with Crippen molar-refractivity contribution in [2.45, 2.75) is 13.0 Å². The number of hydrogen-bond acceptors (Lipinski definition) is 7. The predicted molar refractivity (Wildman–Crippen MR) is 98.4 cm³/mol. The monoisotopic (exact) mass is 340 g/mol. The van der Waals surface area contributed by atoms with Gasteiger partial charge < -0.3 is 4.90 Å². The van der Waals surface area contributed by atoms with Crippen LogP contribution in [0.5, 0.6) is 0 Å². The third-order valence-corrected chi connectivity index (χ3v) is 5.47. The van der Waals surface area contributed by atoms with E-state index in [9.17, 15) is 0 Å². The molecule has 1 aromatic heterocycles. The number of hydrogen-bond donors (Lipinski definition) is 1. The third kappa shape index (κ3) is 2.97. The summed E-state index contributed by atoms with van der Waals surface area (Å²) in [6, 6.07) is 6.75. The van der Waals surface area contributed by atoms with Crippen LogP contribution in [0.2, 0.25) is 0 Å². The first-order valence-corrected chi connectivity index (χ1v) is 8.92. The van der Waals surface area contributed by atoms with Gasteiger partial charge in [0.2, 0.25) is 0 Å². The summed E-state index contributed by atoms with van der Waals surface area (Å²) in [5, 5.41) is 6.26. The number of nitrogens with one attached hydrogen (secondary N) is 1. The van der Waals surface area contributed by atoms with E-state index in [0.717, 1.165) is 47.4 Å². The van der Waals surface area contributed by atoms with Gasteiger partial charge in [-0.1, -0.05) is 12.6 Å². The molecule has 1 atom stereocenters. The molecule has 0 bridgehead atoms. The van der Waals surface area contributed by atoms with Crippen LogP contribution >= 0.6 is 11.8 Å². The second-order valence-electron chi connectivity index (χ2n) is 6.03. The average Bonchev–Trinajstić information content (AvgIpc) is 3.07. The fourth-order valence-electron chi connectivity index (χ4n) is 3.15. The minimum Gasteiger partial charge on any atom is -0.347 e. The number of rotatable bonds is 2. The van der Waals surface area contributed by atoms with Crippen molar-refractivity contribution in [1.29, 1.82) is 0 Å². The molecule has 2 aliphatic rings. The van der Waals surface area contributed by atoms with E-state index in [1.807, 2.05) is 0 Å². The van der Waals surface area contributed by atoms with E-state index in [4.69, 9.17) is 0 Å². The van der Waals surface area contributed by atoms with E-state index in [0.29, 0.717) is 6.04 Å². The van der Waals surface area contributed by atoms with Crippen molar-refractivity contribution in [3.8, 4) is 0 Å². The number of hydrazone groups is 1. The molecule has 7 heteroatoms. The van der Waals surface area contributed by atoms with Gasteiger partial charge in [-0.3, -0.25) is 20.3 Å². The fraction of sp³-hybridized carbons (Fsp3) is 0.353. The van der Waals surface area contributed by atoms with Crippen LogP contribution < -0.4 is 5.43 Å². The van der Waals surface area contributed by atoms with Crippen LogP contribution in [-0.2, 0) is 0 Å². The standard InChI is InChI=1S/C17H20N6S/c1-12(14-3-4-15-16(11-14)19-6-5-18-15)22-7-9-23(10-8-22)17-21-20-13(2)24-17/h3-6,11-12,20H,2,7-10H2,1H3. The Hall–Kier alpha value is -2.12. The molecule has 3 heterocycles. The molecule has 1 saturated heterocycles. The molecule has 1 fully saturated rings. The molecule has 6 nitrogen and oxygen atoms in total. The molecule has 1 aromatic carbocycles. The van der Waals surface area contributed by atoms with Crippen molar-refractivity contribution in [1.82, 2.24) is 25.2 Å². The lowest BCUT2D eigenvalue weighted by molar-refractivity contribution is 0.142. The van der Waals surface area contributed by atoms with Crippen molar-refractivity contribution < 1.29 is 0 Å². The summed E-state index contributed by atoms with van der Waals surface area (Å²) in [5.74, 6) is 0. The molecule has 0 saturated carbocycles. The second-order valence-corrected chi connectivity index (χ2v) is 7.10. The Bertz CT molecular complexity index is 797. The number of piperazine rings is 1. The first-order valence-electron chi connectivity index (χ1n) is 8.11. The van der Waals surface area contributed by atoms with Gasteiger partial charge in [-0.25, -0.2) is 0 Å². The lowest BCUT2D eigenvalue weighted by Gasteiger charge is -2.38. The maximum Gasteiger partial charge on any atom is 0.189 e. The molecule has 0 spiro atoms. The Morgan fingerprint density at radius 1 is 1.12 bits per heavy atom. The minimum absolute atomic E-state index is 0.366. The van der Waals surface area contributed by atoms with Crippen LogP contribution in [0, 0.1) is 0 Å². The Morgan fingerprint density at radius 2 is 1.88 bits per heavy atom. The molecule has 2 aliphatic heterocycles. The second kappa shape index (κ2) is 6.41. The van der Waals surface area contributed by atoms with Crippen molar-refractivity contribution in [2.24, 2.45) is 5.10 Å². The van der Waals surface area contributed by atoms with Gasteiger partial charge in [0.15, 0.2) is 5.17 Å². The number of benzene rings is 1. The van der Waals surface area contributed by atoms with Crippen LogP contribution in [0.3, 0.4) is 0 Å². The maximum atomic E-state index is 4.42. The van der Waals surface area contributed by atoms with E-state index in [-0.39, 0.29) is 0 Å². The highest BCUT2D eigenvalue weighted by molar-refractivity contribution is 8.17. The van der Waals surface area contributed by atoms with Crippen molar-refractivity contribution >= 4 is 28.0 Å². The summed E-state index contributed by atoms with van der Waals surface area (Å²) in [6.07, 6.45) is 3.48. The zero-order chi connectivity index (χ0) is 16.5. The first-order chi connectivity index (χ1) is 11.7. The lowest BCUT2D eigenvalue weighted by atomic mass is 10.1. The highest BCUT2D eigenvalue weighted by Crippen LogP contribution is 2.26. The Labute approximate surface area is 145 Å². The van der Waals surface area contributed by atoms with Gasteiger partial charge in [0.05, 0.1) is 16.1 Å². The van der Waals surface area contributed by atoms with Crippen LogP contribution in [0.15, 0.2) is 47.3 Å². The van der Waals surface area contributed by atoms with Crippen LogP contribution in [0.4, 0.5) is 0 Å². The summed E-state index contributed by atoms with van der Waals surface area (Å²) in [7, 11) is 0. The summed E-state index contributed by atoms with van der Waals surface area (Å²) < 4.78 is 0. The SMILES string of the molecule is C=C1NN=C(N2CCN(C(C)c3ccc4nccnc4c3)CC2)S1. The molecule has 0 radical (unpaired) electrons. The summed E-state index contributed by atoms with van der Waals surface area (Å²) in [4.78, 5) is 13.6. The smallest absolute Gasteiger partial charge is 0.189 e. The van der Waals surface area contributed by atoms with E-state index < -0.39 is 0 Å². The fourth-order valence-corrected chi connectivity index (χ4v) is 3.87. The quantitative estimate of drug-likeness (QED) is 0.906. The van der Waals surface area contributed by atoms with Crippen molar-refractivity contribution in [3.63, 3.8) is 0 Å². The summed E-state index contributed by atoms with van der Waals surface area (Å²) in [6.45, 7) is 10.2. The molecule has 0 amide bonds. The molecule has 1 unspecified atom stereocenters. The minimum atomic E-state index is 0.366. The highest BCUT2D eigenvalue weighted by atomic mass is 32.2. The van der Waals surface area contributed by atoms with E-state index in [2.05, 4.69) is 62.0 Å². The van der Waals surface area contributed by atoms with Gasteiger partial charge in [-0.15, -0.1) is 5.10 Å². The van der Waals surface area contributed by atoms with Gasteiger partial charge in [-0.05, 0) is 36.4 Å². The first kappa shape index (κ1) is 15.4. The molecule has 4 rings (SSSR count). The average molecular weight is 340 g/mol. The Morgan fingerprint density at radius 3 is 2.58 bits per heavy atom. The maximum absolute atomic E-state index is 4.42. The molecule has 124 valence electrons. The summed E-state index contributed by atoms with van der Waals surface area (Å²) >= 11 is 1.62. The molecule has 0 aliphatic carbocycles. The summed E-state index contributed by atoms with van der Waals surface area (Å²) in [5.41, 5.74) is 6.13. The van der Waals surface area contributed by atoms with Crippen LogP contribution in [0.1, 0.15) is 18.5 Å². The number of fused-ring (bicyclic) bond motifs is 1. The molecule has 24 heavy (non-hydrogen) atoms. The largest absolute Gasteiger partial charge is 0.347 e. The molecule has 1 N–H and O–H groups in total. The Balaban J connectivity index is 1.43. The zero-order valence-electron chi connectivity index (χ0n) is 13.6. The van der Waals surface area contributed by atoms with Crippen molar-refractivity contribution in [3.05, 3.63) is 47.8 Å². The number of aromatic nitrogens is 2. The number of thioether (sulfide) groups is 1. The Kier molecular flexibility index (Phi) is 4.12. The van der Waals surface area contributed by atoms with Gasteiger partial charge in [-0.2, -0.15) is 0 Å². The van der Waals surface area contributed by atoms with Gasteiger partial charge in [0.25, 0.3) is 0 Å². The topological polar surface area (TPSA) is 56.7 Å². The van der Waals surface area contributed by atoms with Crippen LogP contribution in [0.25, 0.3) is 11.0 Å². The normalized spacial score (nSPS) is 20.1. The van der Waals surface area contributed by atoms with Gasteiger partial charge in [0, 0.05) is 44.6 Å². The number of nitrogens with zero attached hydrogens (tertiary/aromatic N) is 5. The van der Waals surface area contributed by atoms with E-state index in [1.54, 1.807) is 24.2 Å². The molecular formula is C17H20N6S. The third-order valence-electron chi connectivity index (χ3n) is 4.60. The van der Waals surface area contributed by atoms with Gasteiger partial charge >= 0.3 is 0 Å². The van der Waals surface area contributed by atoms with Crippen molar-refractivity contribution in [2.75, 3.05) is 26.2 Å². The molecular weight excluding hydrogens is 320 g/mol. The van der Waals surface area contributed by atoms with Crippen LogP contribution in [-0.4, -0.2) is 51.1 Å². The highest BCUT2D eigenvalue weighted by Gasteiger charge is 2.26. The van der Waals surface area contributed by atoms with E-state index in [1.165, 1.54) is 5.56 Å². The van der Waals surface area contributed by atoms with E-state index >= 15 is 0 Å². The lowest BCUT2D eigenvalue weighted by Crippen LogP contribution is -2.48.